The van der Waals surface area contributed by atoms with Crippen LogP contribution in [-0.4, -0.2) is 40.9 Å². The second kappa shape index (κ2) is 7.66. The van der Waals surface area contributed by atoms with Gasteiger partial charge in [-0.15, -0.1) is 0 Å². The third-order valence-corrected chi connectivity index (χ3v) is 2.63. The van der Waals surface area contributed by atoms with Crippen molar-refractivity contribution < 1.29 is 19.1 Å². The van der Waals surface area contributed by atoms with Crippen molar-refractivity contribution in [2.45, 2.75) is 45.8 Å². The van der Waals surface area contributed by atoms with Crippen LogP contribution in [0, 0.1) is 0 Å². The van der Waals surface area contributed by atoms with E-state index in [0.717, 1.165) is 5.69 Å². The van der Waals surface area contributed by atoms with Crippen LogP contribution in [0.2, 0.25) is 0 Å². The Hall–Kier alpha value is -2.05. The maximum Gasteiger partial charge on any atom is 0.407 e. The average molecular weight is 297 g/mol. The van der Waals surface area contributed by atoms with E-state index in [2.05, 4.69) is 15.0 Å². The van der Waals surface area contributed by atoms with Gasteiger partial charge >= 0.3 is 12.1 Å². The standard InChI is InChI=1S/C14H23N3O4/c1-14(2,3)21-13(19)16-7-5-11-9-15-10-17(11)8-6-12(18)20-4/h9-10H,5-8H2,1-4H3,(H,16,19). The third-order valence-electron chi connectivity index (χ3n) is 2.63. The first-order valence-corrected chi connectivity index (χ1v) is 6.84. The van der Waals surface area contributed by atoms with Gasteiger partial charge in [0.2, 0.25) is 0 Å². The molecule has 0 unspecified atom stereocenters. The number of methoxy groups -OCH3 is 1. The largest absolute Gasteiger partial charge is 0.469 e. The van der Waals surface area contributed by atoms with Crippen LogP contribution < -0.4 is 5.32 Å². The zero-order valence-corrected chi connectivity index (χ0v) is 13.0. The lowest BCUT2D eigenvalue weighted by Gasteiger charge is -2.19. The zero-order valence-electron chi connectivity index (χ0n) is 13.0. The Morgan fingerprint density at radius 3 is 2.71 bits per heavy atom. The molecule has 0 spiro atoms. The van der Waals surface area contributed by atoms with E-state index in [1.807, 2.05) is 25.3 Å². The number of hydrogen-bond donors (Lipinski definition) is 1. The lowest BCUT2D eigenvalue weighted by atomic mass is 10.2. The molecule has 1 aromatic rings. The number of hydrogen-bond acceptors (Lipinski definition) is 5. The fourth-order valence-electron chi connectivity index (χ4n) is 1.68. The zero-order chi connectivity index (χ0) is 15.9. The molecule has 0 aliphatic heterocycles. The fraction of sp³-hybridized carbons (Fsp3) is 0.643. The lowest BCUT2D eigenvalue weighted by Crippen LogP contribution is -2.33. The first-order chi connectivity index (χ1) is 9.81. The van der Waals surface area contributed by atoms with E-state index in [1.165, 1.54) is 7.11 Å². The van der Waals surface area contributed by atoms with E-state index in [1.54, 1.807) is 12.5 Å². The normalized spacial score (nSPS) is 11.0. The summed E-state index contributed by atoms with van der Waals surface area (Å²) in [6.07, 6.45) is 3.84. The number of carbonyl (C=O) groups excluding carboxylic acids is 2. The number of imidazole rings is 1. The van der Waals surface area contributed by atoms with E-state index in [-0.39, 0.29) is 5.97 Å². The summed E-state index contributed by atoms with van der Waals surface area (Å²) >= 11 is 0. The molecule has 0 aromatic carbocycles. The summed E-state index contributed by atoms with van der Waals surface area (Å²) in [6.45, 7) is 6.39. The molecule has 118 valence electrons. The van der Waals surface area contributed by atoms with Crippen molar-refractivity contribution in [3.05, 3.63) is 18.2 Å². The van der Waals surface area contributed by atoms with Crippen molar-refractivity contribution in [2.24, 2.45) is 0 Å². The number of nitrogens with one attached hydrogen (secondary N) is 1. The van der Waals surface area contributed by atoms with Gasteiger partial charge in [-0.1, -0.05) is 0 Å². The van der Waals surface area contributed by atoms with Crippen LogP contribution in [0.1, 0.15) is 32.9 Å². The maximum absolute atomic E-state index is 11.5. The Bertz CT molecular complexity index is 477. The van der Waals surface area contributed by atoms with Gasteiger partial charge in [-0.25, -0.2) is 9.78 Å². The number of aromatic nitrogens is 2. The van der Waals surface area contributed by atoms with Gasteiger partial charge in [0.15, 0.2) is 0 Å². The molecule has 0 atom stereocenters. The van der Waals surface area contributed by atoms with Gasteiger partial charge in [0.05, 0.1) is 19.9 Å². The van der Waals surface area contributed by atoms with Crippen molar-refractivity contribution in [2.75, 3.05) is 13.7 Å². The molecule has 7 heteroatoms. The Kier molecular flexibility index (Phi) is 6.20. The van der Waals surface area contributed by atoms with Crippen LogP contribution >= 0.6 is 0 Å². The SMILES string of the molecule is COC(=O)CCn1cncc1CCNC(=O)OC(C)(C)C. The molecule has 1 heterocycles. The average Bonchev–Trinajstić information content (AvgIpc) is 2.81. The van der Waals surface area contributed by atoms with Crippen molar-refractivity contribution in [3.63, 3.8) is 0 Å². The molecule has 1 N–H and O–H groups in total. The van der Waals surface area contributed by atoms with E-state index in [9.17, 15) is 9.59 Å². The molecule has 1 rings (SSSR count). The summed E-state index contributed by atoms with van der Waals surface area (Å²) in [5.74, 6) is -0.262. The number of ether oxygens (including phenoxy) is 2. The highest BCUT2D eigenvalue weighted by atomic mass is 16.6. The molecule has 0 saturated carbocycles. The number of rotatable bonds is 6. The summed E-state index contributed by atoms with van der Waals surface area (Å²) < 4.78 is 11.6. The smallest absolute Gasteiger partial charge is 0.407 e. The van der Waals surface area contributed by atoms with E-state index in [0.29, 0.717) is 25.9 Å². The van der Waals surface area contributed by atoms with Crippen LogP contribution in [0.15, 0.2) is 12.5 Å². The second-order valence-corrected chi connectivity index (χ2v) is 5.58. The summed E-state index contributed by atoms with van der Waals surface area (Å²) in [5.41, 5.74) is 0.432. The monoisotopic (exact) mass is 297 g/mol. The van der Waals surface area contributed by atoms with Gasteiger partial charge < -0.3 is 19.4 Å². The Morgan fingerprint density at radius 2 is 2.10 bits per heavy atom. The Morgan fingerprint density at radius 1 is 1.38 bits per heavy atom. The van der Waals surface area contributed by atoms with Crippen LogP contribution in [0.25, 0.3) is 0 Å². The highest BCUT2D eigenvalue weighted by Crippen LogP contribution is 2.06. The molecule has 0 aliphatic rings. The molecule has 0 aliphatic carbocycles. The number of esters is 1. The molecule has 1 aromatic heterocycles. The Labute approximate surface area is 124 Å². The quantitative estimate of drug-likeness (QED) is 0.805. The molecule has 0 fully saturated rings. The molecule has 7 nitrogen and oxygen atoms in total. The van der Waals surface area contributed by atoms with Gasteiger partial charge in [0.25, 0.3) is 0 Å². The van der Waals surface area contributed by atoms with Crippen molar-refractivity contribution in [1.82, 2.24) is 14.9 Å². The van der Waals surface area contributed by atoms with Gasteiger partial charge in [-0.05, 0) is 20.8 Å². The van der Waals surface area contributed by atoms with E-state index < -0.39 is 11.7 Å². The minimum absolute atomic E-state index is 0.262. The summed E-state index contributed by atoms with van der Waals surface area (Å²) in [7, 11) is 1.36. The molecule has 0 bridgehead atoms. The predicted octanol–water partition coefficient (Wildman–Crippen LogP) is 1.51. The third kappa shape index (κ3) is 6.78. The fourth-order valence-corrected chi connectivity index (χ4v) is 1.68. The van der Waals surface area contributed by atoms with Crippen molar-refractivity contribution >= 4 is 12.1 Å². The van der Waals surface area contributed by atoms with E-state index in [4.69, 9.17) is 4.74 Å². The number of aryl methyl sites for hydroxylation is 1. The minimum Gasteiger partial charge on any atom is -0.469 e. The first-order valence-electron chi connectivity index (χ1n) is 6.84. The molecule has 0 saturated heterocycles. The first kappa shape index (κ1) is 17.0. The maximum atomic E-state index is 11.5. The molecule has 21 heavy (non-hydrogen) atoms. The highest BCUT2D eigenvalue weighted by molar-refractivity contribution is 5.69. The second-order valence-electron chi connectivity index (χ2n) is 5.58. The van der Waals surface area contributed by atoms with Gasteiger partial charge in [-0.3, -0.25) is 4.79 Å². The summed E-state index contributed by atoms with van der Waals surface area (Å²) in [4.78, 5) is 26.7. The van der Waals surface area contributed by atoms with Crippen molar-refractivity contribution in [1.29, 1.82) is 0 Å². The molecule has 1 amide bonds. The van der Waals surface area contributed by atoms with E-state index >= 15 is 0 Å². The van der Waals surface area contributed by atoms with Crippen LogP contribution in [0.3, 0.4) is 0 Å². The minimum atomic E-state index is -0.508. The number of amides is 1. The Balaban J connectivity index is 2.37. The molecular formula is C14H23N3O4. The van der Waals surface area contributed by atoms with Crippen LogP contribution in [0.4, 0.5) is 4.79 Å². The van der Waals surface area contributed by atoms with Gasteiger partial charge in [0.1, 0.15) is 5.60 Å². The van der Waals surface area contributed by atoms with Gasteiger partial charge in [-0.2, -0.15) is 0 Å². The number of alkyl carbamates (subject to hydrolysis) is 1. The van der Waals surface area contributed by atoms with Crippen LogP contribution in [-0.2, 0) is 27.2 Å². The molecular weight excluding hydrogens is 274 g/mol. The van der Waals surface area contributed by atoms with Crippen LogP contribution in [0.5, 0.6) is 0 Å². The predicted molar refractivity (Wildman–Crippen MR) is 76.8 cm³/mol. The summed E-state index contributed by atoms with van der Waals surface area (Å²) in [6, 6.07) is 0. The topological polar surface area (TPSA) is 82.5 Å². The number of carbonyl (C=O) groups is 2. The highest BCUT2D eigenvalue weighted by Gasteiger charge is 2.15. The van der Waals surface area contributed by atoms with Gasteiger partial charge in [0, 0.05) is 31.4 Å². The summed E-state index contributed by atoms with van der Waals surface area (Å²) in [5, 5.41) is 2.69. The lowest BCUT2D eigenvalue weighted by molar-refractivity contribution is -0.140. The molecule has 0 radical (unpaired) electrons. The number of nitrogens with zero attached hydrogens (tertiary/aromatic N) is 2. The van der Waals surface area contributed by atoms with Crippen molar-refractivity contribution in [3.8, 4) is 0 Å².